The first-order valence-corrected chi connectivity index (χ1v) is 3.53. The topological polar surface area (TPSA) is 83.8 Å². The van der Waals surface area contributed by atoms with E-state index in [-0.39, 0.29) is 19.3 Å². The second-order valence-electron chi connectivity index (χ2n) is 2.37. The van der Waals surface area contributed by atoms with Crippen LogP contribution in [0.4, 0.5) is 0 Å². The molecule has 2 N–H and O–H groups in total. The highest BCUT2D eigenvalue weighted by atomic mass is 16.5. The van der Waals surface area contributed by atoms with Gasteiger partial charge in [0.25, 0.3) is 0 Å². The molecule has 0 aromatic carbocycles. The molecule has 5 nitrogen and oxygen atoms in total. The summed E-state index contributed by atoms with van der Waals surface area (Å²) in [5.41, 5.74) is 0. The second kappa shape index (κ2) is 5.54. The van der Waals surface area contributed by atoms with Crippen molar-refractivity contribution in [3.63, 3.8) is 0 Å². The maximum atomic E-state index is 10.5. The summed E-state index contributed by atoms with van der Waals surface area (Å²) in [6, 6.07) is 0. The Morgan fingerprint density at radius 1 is 1.50 bits per heavy atom. The number of carbonyl (C=O) groups excluding carboxylic acids is 1. The monoisotopic (exact) mass is 176 g/mol. The minimum absolute atomic E-state index is 0.0466. The molecule has 70 valence electrons. The van der Waals surface area contributed by atoms with Crippen molar-refractivity contribution in [3.8, 4) is 0 Å². The number of hydrogen-bond donors (Lipinski definition) is 2. The molecule has 0 fully saturated rings. The Bertz CT molecular complexity index is 165. The van der Waals surface area contributed by atoms with Crippen LogP contribution in [0.15, 0.2) is 0 Å². The van der Waals surface area contributed by atoms with Crippen molar-refractivity contribution < 1.29 is 24.5 Å². The molecule has 0 rings (SSSR count). The molecule has 0 aliphatic heterocycles. The molecule has 0 radical (unpaired) electrons. The molecule has 12 heavy (non-hydrogen) atoms. The number of carboxylic acid groups (broad SMARTS) is 1. The number of carbonyl (C=O) groups is 2. The normalized spacial score (nSPS) is 12.2. The standard InChI is InChI=1S/C7H12O5/c1-12-7(11)3-2-5(8)4-6(9)10/h5,8H,2-4H2,1H3,(H,9,10). The lowest BCUT2D eigenvalue weighted by atomic mass is 10.1. The van der Waals surface area contributed by atoms with E-state index in [1.54, 1.807) is 0 Å². The van der Waals surface area contributed by atoms with Crippen molar-refractivity contribution in [2.24, 2.45) is 0 Å². The fraction of sp³-hybridized carbons (Fsp3) is 0.714. The largest absolute Gasteiger partial charge is 0.481 e. The van der Waals surface area contributed by atoms with Crippen molar-refractivity contribution in [1.29, 1.82) is 0 Å². The molecule has 0 saturated carbocycles. The van der Waals surface area contributed by atoms with Gasteiger partial charge in [-0.15, -0.1) is 0 Å². The van der Waals surface area contributed by atoms with E-state index in [9.17, 15) is 9.59 Å². The van der Waals surface area contributed by atoms with Gasteiger partial charge < -0.3 is 14.9 Å². The van der Waals surface area contributed by atoms with Crippen molar-refractivity contribution >= 4 is 11.9 Å². The smallest absolute Gasteiger partial charge is 0.305 e. The van der Waals surface area contributed by atoms with E-state index >= 15 is 0 Å². The van der Waals surface area contributed by atoms with Crippen LogP contribution in [0.2, 0.25) is 0 Å². The number of hydrogen-bond acceptors (Lipinski definition) is 4. The van der Waals surface area contributed by atoms with Crippen molar-refractivity contribution in [3.05, 3.63) is 0 Å². The van der Waals surface area contributed by atoms with Gasteiger partial charge in [0.05, 0.1) is 19.6 Å². The third-order valence-electron chi connectivity index (χ3n) is 1.32. The molecule has 0 bridgehead atoms. The number of esters is 1. The van der Waals surface area contributed by atoms with Gasteiger partial charge in [0.1, 0.15) is 0 Å². The Morgan fingerprint density at radius 3 is 2.50 bits per heavy atom. The van der Waals surface area contributed by atoms with E-state index in [4.69, 9.17) is 10.2 Å². The van der Waals surface area contributed by atoms with E-state index in [0.29, 0.717) is 0 Å². The molecule has 0 aliphatic rings. The van der Waals surface area contributed by atoms with Gasteiger partial charge in [-0.25, -0.2) is 0 Å². The highest BCUT2D eigenvalue weighted by molar-refractivity contribution is 5.70. The molecule has 0 aromatic rings. The summed E-state index contributed by atoms with van der Waals surface area (Å²) in [7, 11) is 1.24. The number of methoxy groups -OCH3 is 1. The predicted molar refractivity (Wildman–Crippen MR) is 39.5 cm³/mol. The van der Waals surface area contributed by atoms with Gasteiger partial charge in [-0.05, 0) is 6.42 Å². The molecule has 0 heterocycles. The van der Waals surface area contributed by atoms with Gasteiger partial charge in [0, 0.05) is 6.42 Å². The van der Waals surface area contributed by atoms with Crippen LogP contribution in [0.1, 0.15) is 19.3 Å². The third kappa shape index (κ3) is 5.67. The van der Waals surface area contributed by atoms with E-state index in [1.165, 1.54) is 7.11 Å². The second-order valence-corrected chi connectivity index (χ2v) is 2.37. The third-order valence-corrected chi connectivity index (χ3v) is 1.32. The minimum Gasteiger partial charge on any atom is -0.481 e. The van der Waals surface area contributed by atoms with Crippen LogP contribution in [0.25, 0.3) is 0 Å². The first-order valence-electron chi connectivity index (χ1n) is 3.53. The van der Waals surface area contributed by atoms with Gasteiger partial charge >= 0.3 is 11.9 Å². The lowest BCUT2D eigenvalue weighted by Crippen LogP contribution is -2.14. The molecule has 5 heteroatoms. The summed E-state index contributed by atoms with van der Waals surface area (Å²) in [4.78, 5) is 20.6. The zero-order valence-electron chi connectivity index (χ0n) is 6.82. The molecule has 1 unspecified atom stereocenters. The Hall–Kier alpha value is -1.10. The summed E-state index contributed by atoms with van der Waals surface area (Å²) < 4.78 is 4.31. The van der Waals surface area contributed by atoms with Crippen LogP contribution in [0.3, 0.4) is 0 Å². The van der Waals surface area contributed by atoms with Crippen LogP contribution in [-0.4, -0.2) is 35.4 Å². The van der Waals surface area contributed by atoms with Crippen LogP contribution in [0, 0.1) is 0 Å². The van der Waals surface area contributed by atoms with E-state index < -0.39 is 18.0 Å². The lowest BCUT2D eigenvalue weighted by Gasteiger charge is -2.05. The van der Waals surface area contributed by atoms with Crippen molar-refractivity contribution in [1.82, 2.24) is 0 Å². The van der Waals surface area contributed by atoms with Crippen molar-refractivity contribution in [2.75, 3.05) is 7.11 Å². The molecule has 0 amide bonds. The quantitative estimate of drug-likeness (QED) is 0.565. The number of aliphatic hydroxyl groups is 1. The fourth-order valence-electron chi connectivity index (χ4n) is 0.690. The van der Waals surface area contributed by atoms with Crippen molar-refractivity contribution in [2.45, 2.75) is 25.4 Å². The van der Waals surface area contributed by atoms with E-state index in [1.807, 2.05) is 0 Å². The summed E-state index contributed by atoms with van der Waals surface area (Å²) >= 11 is 0. The Kier molecular flexibility index (Phi) is 5.03. The zero-order valence-corrected chi connectivity index (χ0v) is 6.82. The number of ether oxygens (including phenoxy) is 1. The highest BCUT2D eigenvalue weighted by Crippen LogP contribution is 2.02. The Balaban J connectivity index is 3.50. The summed E-state index contributed by atoms with van der Waals surface area (Å²) in [5.74, 6) is -1.52. The summed E-state index contributed by atoms with van der Waals surface area (Å²) in [6.07, 6.45) is -1.14. The Labute approximate surface area is 70.0 Å². The fourth-order valence-corrected chi connectivity index (χ4v) is 0.690. The molecular formula is C7H12O5. The van der Waals surface area contributed by atoms with Crippen LogP contribution < -0.4 is 0 Å². The highest BCUT2D eigenvalue weighted by Gasteiger charge is 2.11. The average Bonchev–Trinajstić information content (AvgIpc) is 1.99. The summed E-state index contributed by atoms with van der Waals surface area (Å²) in [5, 5.41) is 17.2. The maximum Gasteiger partial charge on any atom is 0.305 e. The number of carboxylic acids is 1. The van der Waals surface area contributed by atoms with Gasteiger partial charge in [-0.3, -0.25) is 9.59 Å². The molecule has 0 aliphatic carbocycles. The number of rotatable bonds is 5. The minimum atomic E-state index is -1.08. The van der Waals surface area contributed by atoms with E-state index in [0.717, 1.165) is 0 Å². The molecule has 0 spiro atoms. The van der Waals surface area contributed by atoms with Gasteiger partial charge in [0.2, 0.25) is 0 Å². The van der Waals surface area contributed by atoms with E-state index in [2.05, 4.69) is 4.74 Å². The lowest BCUT2D eigenvalue weighted by molar-refractivity contribution is -0.143. The number of aliphatic carboxylic acids is 1. The first-order chi connectivity index (χ1) is 5.56. The van der Waals surface area contributed by atoms with Gasteiger partial charge in [0.15, 0.2) is 0 Å². The van der Waals surface area contributed by atoms with Crippen LogP contribution in [0.5, 0.6) is 0 Å². The van der Waals surface area contributed by atoms with Gasteiger partial charge in [-0.1, -0.05) is 0 Å². The van der Waals surface area contributed by atoms with Gasteiger partial charge in [-0.2, -0.15) is 0 Å². The maximum absolute atomic E-state index is 10.5. The molecule has 1 atom stereocenters. The predicted octanol–water partition coefficient (Wildman–Crippen LogP) is -0.225. The zero-order chi connectivity index (χ0) is 9.56. The first kappa shape index (κ1) is 10.9. The molecule has 0 saturated heterocycles. The summed E-state index contributed by atoms with van der Waals surface area (Å²) in [6.45, 7) is 0. The SMILES string of the molecule is COC(=O)CCC(O)CC(=O)O. The van der Waals surface area contributed by atoms with Crippen LogP contribution >= 0.6 is 0 Å². The molecule has 0 aromatic heterocycles. The molecular weight excluding hydrogens is 164 g/mol. The average molecular weight is 176 g/mol. The Morgan fingerprint density at radius 2 is 2.08 bits per heavy atom. The van der Waals surface area contributed by atoms with Crippen LogP contribution in [-0.2, 0) is 14.3 Å². The number of aliphatic hydroxyl groups excluding tert-OH is 1.